The molecule has 0 saturated heterocycles. The molecule has 2 heterocycles. The highest BCUT2D eigenvalue weighted by molar-refractivity contribution is 6.11. The van der Waals surface area contributed by atoms with Gasteiger partial charge in [-0.25, -0.2) is 0 Å². The average molecular weight is 791 g/mol. The van der Waals surface area contributed by atoms with E-state index in [2.05, 4.69) is 167 Å². The number of aryl methyl sites for hydroxylation is 1. The van der Waals surface area contributed by atoms with Crippen LogP contribution >= 0.6 is 0 Å². The second-order valence-electron chi connectivity index (χ2n) is 20.8. The van der Waals surface area contributed by atoms with Gasteiger partial charge >= 0.3 is 6.18 Å². The third-order valence-electron chi connectivity index (χ3n) is 12.3. The molecule has 0 spiro atoms. The standard InChI is InChI=1S/C54H57F3N2/c1-32-14-15-33(26-48(32)58-44-22-17-35(50(2,3)4)28-39(44)40-29-36(51(5,6)7)18-23-45(40)58)34-16-21-43(54(55,56)57)49(27-34)59-46-24-19-37(52(8,9)10)30-41(46)42-31-38(53(11,12)13)20-25-47(42)59/h14-31H,1-13H3. The molecule has 0 aliphatic carbocycles. The Bertz CT molecular complexity index is 2820. The fourth-order valence-electron chi connectivity index (χ4n) is 8.60. The van der Waals surface area contributed by atoms with E-state index in [1.54, 1.807) is 12.1 Å². The number of hydrogen-bond acceptors (Lipinski definition) is 0. The molecule has 0 unspecified atom stereocenters. The van der Waals surface area contributed by atoms with Crippen molar-refractivity contribution in [2.45, 2.75) is 118 Å². The van der Waals surface area contributed by atoms with Crippen LogP contribution in [0.2, 0.25) is 0 Å². The van der Waals surface area contributed by atoms with Crippen molar-refractivity contribution in [3.05, 3.63) is 143 Å². The van der Waals surface area contributed by atoms with Crippen LogP contribution < -0.4 is 0 Å². The van der Waals surface area contributed by atoms with E-state index in [4.69, 9.17) is 0 Å². The van der Waals surface area contributed by atoms with Crippen LogP contribution in [0.15, 0.2) is 109 Å². The molecule has 0 saturated carbocycles. The van der Waals surface area contributed by atoms with E-state index in [0.717, 1.165) is 60.8 Å². The van der Waals surface area contributed by atoms with E-state index in [1.807, 2.05) is 22.8 Å². The Balaban J connectivity index is 1.38. The molecule has 0 bridgehead atoms. The maximum absolute atomic E-state index is 15.2. The van der Waals surface area contributed by atoms with Gasteiger partial charge in [0.15, 0.2) is 0 Å². The molecule has 8 rings (SSSR count). The SMILES string of the molecule is Cc1ccc(-c2ccc(C(F)(F)F)c(-n3c4ccc(C(C)(C)C)cc4c4cc(C(C)(C)C)ccc43)c2)cc1-n1c2ccc(C(C)(C)C)cc2c2cc(C(C)(C)C)ccc21. The predicted octanol–water partition coefficient (Wildman–Crippen LogP) is 16.1. The molecule has 0 aliphatic rings. The summed E-state index contributed by atoms with van der Waals surface area (Å²) in [6, 6.07) is 37.0. The lowest BCUT2D eigenvalue weighted by Gasteiger charge is -2.20. The molecule has 0 fully saturated rings. The van der Waals surface area contributed by atoms with Crippen LogP contribution in [0.3, 0.4) is 0 Å². The number of benzene rings is 6. The van der Waals surface area contributed by atoms with Gasteiger partial charge in [-0.3, -0.25) is 0 Å². The van der Waals surface area contributed by atoms with Crippen molar-refractivity contribution in [1.82, 2.24) is 9.13 Å². The highest BCUT2D eigenvalue weighted by Gasteiger charge is 2.35. The second-order valence-corrected chi connectivity index (χ2v) is 20.8. The third kappa shape index (κ3) is 7.04. The van der Waals surface area contributed by atoms with Crippen molar-refractivity contribution in [1.29, 1.82) is 0 Å². The first-order valence-electron chi connectivity index (χ1n) is 20.8. The molecule has 2 nitrogen and oxygen atoms in total. The van der Waals surface area contributed by atoms with Crippen LogP contribution in [0.4, 0.5) is 13.2 Å². The zero-order chi connectivity index (χ0) is 42.8. The molecule has 0 aliphatic heterocycles. The Morgan fingerprint density at radius 2 is 0.661 bits per heavy atom. The number of alkyl halides is 3. The summed E-state index contributed by atoms with van der Waals surface area (Å²) in [7, 11) is 0. The van der Waals surface area contributed by atoms with Crippen molar-refractivity contribution < 1.29 is 13.2 Å². The molecule has 304 valence electrons. The molecule has 8 aromatic rings. The fourth-order valence-corrected chi connectivity index (χ4v) is 8.60. The Morgan fingerprint density at radius 1 is 0.356 bits per heavy atom. The van der Waals surface area contributed by atoms with Gasteiger partial charge < -0.3 is 9.13 Å². The van der Waals surface area contributed by atoms with Gasteiger partial charge in [0, 0.05) is 27.2 Å². The van der Waals surface area contributed by atoms with Crippen LogP contribution in [0, 0.1) is 6.92 Å². The minimum absolute atomic E-state index is 0.0273. The van der Waals surface area contributed by atoms with Crippen LogP contribution in [0.1, 0.15) is 116 Å². The summed E-state index contributed by atoms with van der Waals surface area (Å²) in [6.07, 6.45) is -4.58. The predicted molar refractivity (Wildman–Crippen MR) is 245 cm³/mol. The number of fused-ring (bicyclic) bond motifs is 6. The summed E-state index contributed by atoms with van der Waals surface area (Å²) in [6.45, 7) is 28.6. The van der Waals surface area contributed by atoms with Gasteiger partial charge in [0.1, 0.15) is 0 Å². The summed E-state index contributed by atoms with van der Waals surface area (Å²) >= 11 is 0. The minimum atomic E-state index is -4.58. The third-order valence-corrected chi connectivity index (χ3v) is 12.3. The smallest absolute Gasteiger partial charge is 0.309 e. The van der Waals surface area contributed by atoms with E-state index < -0.39 is 11.7 Å². The van der Waals surface area contributed by atoms with Crippen molar-refractivity contribution in [2.24, 2.45) is 0 Å². The summed E-state index contributed by atoms with van der Waals surface area (Å²) in [5.74, 6) is 0. The van der Waals surface area contributed by atoms with E-state index >= 15 is 13.2 Å². The van der Waals surface area contributed by atoms with Gasteiger partial charge in [0.25, 0.3) is 0 Å². The van der Waals surface area contributed by atoms with E-state index in [1.165, 1.54) is 28.0 Å². The van der Waals surface area contributed by atoms with Crippen LogP contribution in [0.25, 0.3) is 66.1 Å². The Hall–Kier alpha value is -5.29. The second kappa shape index (κ2) is 13.4. The first kappa shape index (κ1) is 40.5. The molecule has 0 N–H and O–H groups in total. The highest BCUT2D eigenvalue weighted by Crippen LogP contribution is 2.44. The topological polar surface area (TPSA) is 9.86 Å². The summed E-state index contributed by atoms with van der Waals surface area (Å²) in [4.78, 5) is 0. The zero-order valence-corrected chi connectivity index (χ0v) is 36.9. The fraction of sp³-hybridized carbons (Fsp3) is 0.333. The van der Waals surface area contributed by atoms with E-state index in [0.29, 0.717) is 5.56 Å². The molecular weight excluding hydrogens is 734 g/mol. The Labute approximate surface area is 347 Å². The number of halogens is 3. The van der Waals surface area contributed by atoms with Gasteiger partial charge in [-0.2, -0.15) is 13.2 Å². The molecule has 59 heavy (non-hydrogen) atoms. The first-order chi connectivity index (χ1) is 27.3. The maximum Gasteiger partial charge on any atom is 0.418 e. The van der Waals surface area contributed by atoms with Crippen LogP contribution in [-0.4, -0.2) is 9.13 Å². The number of aromatic nitrogens is 2. The van der Waals surface area contributed by atoms with Gasteiger partial charge in [-0.15, -0.1) is 0 Å². The lowest BCUT2D eigenvalue weighted by atomic mass is 9.85. The van der Waals surface area contributed by atoms with E-state index in [9.17, 15) is 0 Å². The van der Waals surface area contributed by atoms with Crippen LogP contribution in [0.5, 0.6) is 0 Å². The summed E-state index contributed by atoms with van der Waals surface area (Å²) in [5.41, 5.74) is 11.3. The molecular formula is C54H57F3N2. The van der Waals surface area contributed by atoms with Crippen molar-refractivity contribution in [2.75, 3.05) is 0 Å². The average Bonchev–Trinajstić information content (AvgIpc) is 3.64. The maximum atomic E-state index is 15.2. The van der Waals surface area contributed by atoms with Crippen molar-refractivity contribution >= 4 is 43.6 Å². The zero-order valence-electron chi connectivity index (χ0n) is 36.9. The molecule has 2 aromatic heterocycles. The number of rotatable bonds is 3. The quantitative estimate of drug-likeness (QED) is 0.169. The molecule has 0 atom stereocenters. The van der Waals surface area contributed by atoms with Crippen molar-refractivity contribution in [3.63, 3.8) is 0 Å². The molecule has 5 heteroatoms. The molecule has 6 aromatic carbocycles. The Kier molecular flexibility index (Phi) is 9.17. The van der Waals surface area contributed by atoms with Gasteiger partial charge in [0.05, 0.1) is 33.3 Å². The Morgan fingerprint density at radius 3 is 0.983 bits per heavy atom. The number of nitrogens with zero attached hydrogens (tertiary/aromatic N) is 2. The normalized spacial score (nSPS) is 13.4. The lowest BCUT2D eigenvalue weighted by Crippen LogP contribution is -2.12. The highest BCUT2D eigenvalue weighted by atomic mass is 19.4. The first-order valence-corrected chi connectivity index (χ1v) is 20.8. The van der Waals surface area contributed by atoms with Gasteiger partial charge in [-0.1, -0.05) is 126 Å². The number of hydrogen-bond donors (Lipinski definition) is 0. The largest absolute Gasteiger partial charge is 0.418 e. The molecule has 0 radical (unpaired) electrons. The lowest BCUT2D eigenvalue weighted by molar-refractivity contribution is -0.137. The van der Waals surface area contributed by atoms with Crippen LogP contribution in [-0.2, 0) is 27.8 Å². The van der Waals surface area contributed by atoms with Gasteiger partial charge in [0.2, 0.25) is 0 Å². The van der Waals surface area contributed by atoms with Crippen molar-refractivity contribution in [3.8, 4) is 22.5 Å². The summed E-state index contributed by atoms with van der Waals surface area (Å²) in [5, 5.41) is 4.28. The van der Waals surface area contributed by atoms with E-state index in [-0.39, 0.29) is 27.3 Å². The molecule has 0 amide bonds. The minimum Gasteiger partial charge on any atom is -0.309 e. The van der Waals surface area contributed by atoms with Gasteiger partial charge in [-0.05, 0) is 134 Å². The summed E-state index contributed by atoms with van der Waals surface area (Å²) < 4.78 is 49.8. The monoisotopic (exact) mass is 790 g/mol.